The van der Waals surface area contributed by atoms with Crippen LogP contribution in [0.15, 0.2) is 24.3 Å². The van der Waals surface area contributed by atoms with Crippen LogP contribution in [0.5, 0.6) is 0 Å². The molecule has 0 saturated heterocycles. The Morgan fingerprint density at radius 1 is 1.27 bits per heavy atom. The van der Waals surface area contributed by atoms with Crippen LogP contribution in [0.1, 0.15) is 12.8 Å². The van der Waals surface area contributed by atoms with Crippen LogP contribution in [0, 0.1) is 0 Å². The van der Waals surface area contributed by atoms with E-state index in [2.05, 4.69) is 5.32 Å². The molecule has 80 valence electrons. The molecule has 4 N–H and O–H groups in total. The Morgan fingerprint density at radius 2 is 1.93 bits per heavy atom. The lowest BCUT2D eigenvalue weighted by Gasteiger charge is -2.06. The molecule has 0 atom stereocenters. The smallest absolute Gasteiger partial charge is 0.303 e. The second-order valence-corrected chi connectivity index (χ2v) is 3.03. The van der Waals surface area contributed by atoms with Crippen LogP contribution in [0.4, 0.5) is 11.4 Å². The third-order valence-corrected chi connectivity index (χ3v) is 1.80. The van der Waals surface area contributed by atoms with E-state index in [-0.39, 0.29) is 18.7 Å². The van der Waals surface area contributed by atoms with Crippen LogP contribution in [-0.4, -0.2) is 17.0 Å². The zero-order valence-electron chi connectivity index (χ0n) is 8.06. The monoisotopic (exact) mass is 208 g/mol. The normalized spacial score (nSPS) is 9.60. The van der Waals surface area contributed by atoms with Crippen molar-refractivity contribution < 1.29 is 14.7 Å². The minimum atomic E-state index is -0.994. The molecule has 1 rings (SSSR count). The highest BCUT2D eigenvalue weighted by Crippen LogP contribution is 2.16. The number of amides is 1. The number of benzene rings is 1. The van der Waals surface area contributed by atoms with Gasteiger partial charge in [0.15, 0.2) is 0 Å². The fourth-order valence-electron chi connectivity index (χ4n) is 1.04. The van der Waals surface area contributed by atoms with Gasteiger partial charge in [-0.1, -0.05) is 12.1 Å². The van der Waals surface area contributed by atoms with E-state index < -0.39 is 5.97 Å². The van der Waals surface area contributed by atoms with Crippen LogP contribution in [0.25, 0.3) is 0 Å². The van der Waals surface area contributed by atoms with Crippen molar-refractivity contribution in [2.75, 3.05) is 11.1 Å². The number of nitrogens with two attached hydrogens (primary N) is 1. The summed E-state index contributed by atoms with van der Waals surface area (Å²) >= 11 is 0. The van der Waals surface area contributed by atoms with E-state index in [1.54, 1.807) is 24.3 Å². The van der Waals surface area contributed by atoms with Crippen molar-refractivity contribution in [3.63, 3.8) is 0 Å². The Balaban J connectivity index is 2.52. The highest BCUT2D eigenvalue weighted by Gasteiger charge is 2.06. The highest BCUT2D eigenvalue weighted by atomic mass is 16.4. The maximum atomic E-state index is 11.2. The van der Waals surface area contributed by atoms with Crippen molar-refractivity contribution in [1.82, 2.24) is 0 Å². The number of nitrogens with one attached hydrogen (secondary N) is 1. The lowest BCUT2D eigenvalue weighted by Crippen LogP contribution is -2.14. The lowest BCUT2D eigenvalue weighted by molar-refractivity contribution is -0.138. The van der Waals surface area contributed by atoms with E-state index >= 15 is 0 Å². The second kappa shape index (κ2) is 4.99. The summed E-state index contributed by atoms with van der Waals surface area (Å²) in [5, 5.41) is 10.9. The molecule has 1 aromatic carbocycles. The Hall–Kier alpha value is -2.04. The fraction of sp³-hybridized carbons (Fsp3) is 0.200. The van der Waals surface area contributed by atoms with Crippen LogP contribution < -0.4 is 11.1 Å². The van der Waals surface area contributed by atoms with Gasteiger partial charge in [0.25, 0.3) is 0 Å². The van der Waals surface area contributed by atoms with Crippen LogP contribution in [0.3, 0.4) is 0 Å². The summed E-state index contributed by atoms with van der Waals surface area (Å²) in [7, 11) is 0. The summed E-state index contributed by atoms with van der Waals surface area (Å²) < 4.78 is 0. The van der Waals surface area contributed by atoms with E-state index in [0.717, 1.165) is 0 Å². The van der Waals surface area contributed by atoms with Gasteiger partial charge in [-0.25, -0.2) is 0 Å². The Morgan fingerprint density at radius 3 is 2.53 bits per heavy atom. The highest BCUT2D eigenvalue weighted by molar-refractivity contribution is 5.95. The summed E-state index contributed by atoms with van der Waals surface area (Å²) in [6, 6.07) is 6.81. The maximum Gasteiger partial charge on any atom is 0.303 e. The molecule has 0 bridgehead atoms. The van der Waals surface area contributed by atoms with Gasteiger partial charge in [0.2, 0.25) is 5.91 Å². The van der Waals surface area contributed by atoms with Gasteiger partial charge in [-0.3, -0.25) is 9.59 Å². The largest absolute Gasteiger partial charge is 0.481 e. The quantitative estimate of drug-likeness (QED) is 0.645. The molecule has 1 amide bonds. The summed E-state index contributed by atoms with van der Waals surface area (Å²) in [5.41, 5.74) is 6.56. The number of carbonyl (C=O) groups excluding carboxylic acids is 1. The van der Waals surface area contributed by atoms with Gasteiger partial charge >= 0.3 is 5.97 Å². The summed E-state index contributed by atoms with van der Waals surface area (Å²) in [6.45, 7) is 0. The number of carboxylic acid groups (broad SMARTS) is 1. The average Bonchev–Trinajstić information content (AvgIpc) is 2.18. The molecule has 0 saturated carbocycles. The molecular weight excluding hydrogens is 196 g/mol. The first-order valence-corrected chi connectivity index (χ1v) is 4.45. The average molecular weight is 208 g/mol. The van der Waals surface area contributed by atoms with E-state index in [9.17, 15) is 9.59 Å². The number of hydrogen-bond donors (Lipinski definition) is 3. The van der Waals surface area contributed by atoms with Crippen molar-refractivity contribution in [2.24, 2.45) is 0 Å². The summed E-state index contributed by atoms with van der Waals surface area (Å²) in [5.74, 6) is -1.35. The number of carbonyl (C=O) groups is 2. The van der Waals surface area contributed by atoms with E-state index in [1.165, 1.54) is 0 Å². The maximum absolute atomic E-state index is 11.2. The predicted molar refractivity (Wildman–Crippen MR) is 56.4 cm³/mol. The third-order valence-electron chi connectivity index (χ3n) is 1.80. The Kier molecular flexibility index (Phi) is 3.68. The molecular formula is C10H12N2O3. The molecule has 0 aliphatic carbocycles. The SMILES string of the molecule is Nc1ccccc1NC(=O)CCC(=O)O. The summed E-state index contributed by atoms with van der Waals surface area (Å²) in [6.07, 6.45) is -0.234. The van der Waals surface area contributed by atoms with Crippen LogP contribution in [-0.2, 0) is 9.59 Å². The van der Waals surface area contributed by atoms with Crippen LogP contribution >= 0.6 is 0 Å². The first-order valence-electron chi connectivity index (χ1n) is 4.45. The van der Waals surface area contributed by atoms with Crippen molar-refractivity contribution >= 4 is 23.3 Å². The van der Waals surface area contributed by atoms with Gasteiger partial charge in [0.1, 0.15) is 0 Å². The van der Waals surface area contributed by atoms with Crippen molar-refractivity contribution in [3.8, 4) is 0 Å². The predicted octanol–water partition coefficient (Wildman–Crippen LogP) is 1.07. The molecule has 5 nitrogen and oxygen atoms in total. The molecule has 0 unspecified atom stereocenters. The first-order chi connectivity index (χ1) is 7.09. The van der Waals surface area contributed by atoms with Crippen molar-refractivity contribution in [1.29, 1.82) is 0 Å². The molecule has 5 heteroatoms. The number of hydrogen-bond acceptors (Lipinski definition) is 3. The first kappa shape index (κ1) is 11.0. The number of anilines is 2. The number of nitrogen functional groups attached to an aromatic ring is 1. The van der Waals surface area contributed by atoms with Gasteiger partial charge in [-0.15, -0.1) is 0 Å². The van der Waals surface area contributed by atoms with Crippen LogP contribution in [0.2, 0.25) is 0 Å². The van der Waals surface area contributed by atoms with Gasteiger partial charge in [0, 0.05) is 6.42 Å². The topological polar surface area (TPSA) is 92.4 Å². The fourth-order valence-corrected chi connectivity index (χ4v) is 1.04. The number of rotatable bonds is 4. The van der Waals surface area contributed by atoms with Gasteiger partial charge < -0.3 is 16.2 Å². The lowest BCUT2D eigenvalue weighted by atomic mass is 10.2. The molecule has 0 aromatic heterocycles. The van der Waals surface area contributed by atoms with Crippen molar-refractivity contribution in [2.45, 2.75) is 12.8 Å². The zero-order chi connectivity index (χ0) is 11.3. The van der Waals surface area contributed by atoms with Gasteiger partial charge in [0.05, 0.1) is 17.8 Å². The number of carboxylic acids is 1. The molecule has 0 spiro atoms. The second-order valence-electron chi connectivity index (χ2n) is 3.03. The molecule has 0 aliphatic rings. The summed E-state index contributed by atoms with van der Waals surface area (Å²) in [4.78, 5) is 21.5. The minimum Gasteiger partial charge on any atom is -0.481 e. The Bertz CT molecular complexity index is 377. The van der Waals surface area contributed by atoms with E-state index in [0.29, 0.717) is 11.4 Å². The van der Waals surface area contributed by atoms with E-state index in [4.69, 9.17) is 10.8 Å². The van der Waals surface area contributed by atoms with Crippen molar-refractivity contribution in [3.05, 3.63) is 24.3 Å². The Labute approximate surface area is 86.9 Å². The minimum absolute atomic E-state index is 0.0519. The van der Waals surface area contributed by atoms with E-state index in [1.807, 2.05) is 0 Å². The molecule has 0 radical (unpaired) electrons. The number of aliphatic carboxylic acids is 1. The molecule has 0 aliphatic heterocycles. The zero-order valence-corrected chi connectivity index (χ0v) is 8.06. The molecule has 15 heavy (non-hydrogen) atoms. The van der Waals surface area contributed by atoms with Gasteiger partial charge in [-0.05, 0) is 12.1 Å². The third kappa shape index (κ3) is 3.68. The molecule has 0 fully saturated rings. The number of para-hydroxylation sites is 2. The standard InChI is InChI=1S/C10H12N2O3/c11-7-3-1-2-4-8(7)12-9(13)5-6-10(14)15/h1-4H,5-6,11H2,(H,12,13)(H,14,15). The molecule has 1 aromatic rings. The van der Waals surface area contributed by atoms with Gasteiger partial charge in [-0.2, -0.15) is 0 Å². The molecule has 0 heterocycles.